The third-order valence-corrected chi connectivity index (χ3v) is 5.91. The number of amides is 1. The molecule has 0 spiro atoms. The molecule has 3 heterocycles. The molecular weight excluding hydrogens is 408 g/mol. The summed E-state index contributed by atoms with van der Waals surface area (Å²) in [6.45, 7) is 1.30. The number of likely N-dealkylation sites (tertiary alicyclic amines) is 1. The van der Waals surface area contributed by atoms with Gasteiger partial charge in [-0.25, -0.2) is 9.97 Å². The summed E-state index contributed by atoms with van der Waals surface area (Å²) in [5.74, 6) is 1.84. The number of carbonyl (C=O) groups is 1. The summed E-state index contributed by atoms with van der Waals surface area (Å²) in [6, 6.07) is 13.3. The van der Waals surface area contributed by atoms with Crippen LogP contribution in [0.25, 0.3) is 22.1 Å². The molecule has 0 saturated carbocycles. The fourth-order valence-electron chi connectivity index (χ4n) is 4.20. The molecule has 0 bridgehead atoms. The van der Waals surface area contributed by atoms with Crippen molar-refractivity contribution >= 4 is 33.8 Å². The van der Waals surface area contributed by atoms with E-state index in [1.165, 1.54) is 0 Å². The van der Waals surface area contributed by atoms with Gasteiger partial charge in [0.2, 0.25) is 0 Å². The van der Waals surface area contributed by atoms with Gasteiger partial charge in [-0.1, -0.05) is 12.1 Å². The Labute approximate surface area is 185 Å². The number of nitrogens with zero attached hydrogens (tertiary/aromatic N) is 3. The van der Waals surface area contributed by atoms with Gasteiger partial charge in [-0.3, -0.25) is 4.79 Å². The van der Waals surface area contributed by atoms with Crippen LogP contribution >= 0.6 is 0 Å². The summed E-state index contributed by atoms with van der Waals surface area (Å²) >= 11 is 0. The van der Waals surface area contributed by atoms with Crippen molar-refractivity contribution in [1.82, 2.24) is 14.9 Å². The minimum absolute atomic E-state index is 0.00823. The van der Waals surface area contributed by atoms with Gasteiger partial charge in [-0.15, -0.1) is 0 Å². The maximum absolute atomic E-state index is 13.0. The van der Waals surface area contributed by atoms with Gasteiger partial charge in [0, 0.05) is 30.1 Å². The fraction of sp³-hybridized carbons (Fsp3) is 0.292. The number of rotatable bonds is 5. The minimum atomic E-state index is -0.00823. The molecule has 8 heteroatoms. The number of aromatic nitrogens is 2. The number of benzene rings is 2. The predicted octanol–water partition coefficient (Wildman–Crippen LogP) is 4.11. The van der Waals surface area contributed by atoms with Gasteiger partial charge in [-0.05, 0) is 43.2 Å². The molecule has 5 rings (SSSR count). The quantitative estimate of drug-likeness (QED) is 0.508. The first-order chi connectivity index (χ1) is 15.7. The summed E-state index contributed by atoms with van der Waals surface area (Å²) in [4.78, 5) is 23.7. The van der Waals surface area contributed by atoms with Crippen LogP contribution in [0.15, 0.2) is 53.2 Å². The molecule has 2 aromatic heterocycles. The van der Waals surface area contributed by atoms with E-state index in [4.69, 9.17) is 13.9 Å². The van der Waals surface area contributed by atoms with Crippen molar-refractivity contribution in [3.8, 4) is 11.5 Å². The Kier molecular flexibility index (Phi) is 5.26. The topological polar surface area (TPSA) is 89.7 Å². The van der Waals surface area contributed by atoms with E-state index < -0.39 is 0 Å². The van der Waals surface area contributed by atoms with E-state index in [0.29, 0.717) is 41.6 Å². The summed E-state index contributed by atoms with van der Waals surface area (Å²) < 4.78 is 16.6. The van der Waals surface area contributed by atoms with Gasteiger partial charge in [0.15, 0.2) is 22.9 Å². The van der Waals surface area contributed by atoms with E-state index in [-0.39, 0.29) is 11.9 Å². The largest absolute Gasteiger partial charge is 0.493 e. The number of nitrogens with one attached hydrogen (secondary N) is 1. The number of methoxy groups -OCH3 is 2. The molecule has 1 amide bonds. The first-order valence-electron chi connectivity index (χ1n) is 10.6. The Morgan fingerprint density at radius 1 is 1.06 bits per heavy atom. The average molecular weight is 432 g/mol. The third-order valence-electron chi connectivity index (χ3n) is 5.91. The third kappa shape index (κ3) is 3.57. The van der Waals surface area contributed by atoms with E-state index in [2.05, 4.69) is 15.3 Å². The van der Waals surface area contributed by atoms with Crippen LogP contribution in [-0.4, -0.2) is 54.1 Å². The minimum Gasteiger partial charge on any atom is -0.493 e. The van der Waals surface area contributed by atoms with Gasteiger partial charge in [0.05, 0.1) is 14.2 Å². The van der Waals surface area contributed by atoms with Crippen LogP contribution in [0.1, 0.15) is 23.2 Å². The zero-order valence-electron chi connectivity index (χ0n) is 18.0. The number of hydrogen-bond acceptors (Lipinski definition) is 7. The first-order valence-corrected chi connectivity index (χ1v) is 10.6. The predicted molar refractivity (Wildman–Crippen MR) is 121 cm³/mol. The molecule has 2 aromatic carbocycles. The van der Waals surface area contributed by atoms with Crippen LogP contribution in [0, 0.1) is 0 Å². The van der Waals surface area contributed by atoms with Gasteiger partial charge in [0.25, 0.3) is 5.91 Å². The molecule has 1 fully saturated rings. The van der Waals surface area contributed by atoms with Gasteiger partial charge < -0.3 is 24.1 Å². The Morgan fingerprint density at radius 3 is 2.62 bits per heavy atom. The molecule has 1 N–H and O–H groups in total. The number of ether oxygens (including phenoxy) is 2. The normalized spacial score (nSPS) is 14.6. The highest BCUT2D eigenvalue weighted by Gasteiger charge is 2.25. The molecule has 32 heavy (non-hydrogen) atoms. The second-order valence-corrected chi connectivity index (χ2v) is 7.78. The molecule has 0 unspecified atom stereocenters. The number of furan rings is 1. The Bertz CT molecular complexity index is 1280. The lowest BCUT2D eigenvalue weighted by molar-refractivity contribution is 0.0718. The molecule has 1 aliphatic heterocycles. The summed E-state index contributed by atoms with van der Waals surface area (Å²) in [5, 5.41) is 4.47. The second-order valence-electron chi connectivity index (χ2n) is 7.78. The monoisotopic (exact) mass is 432 g/mol. The van der Waals surface area contributed by atoms with Crippen molar-refractivity contribution in [2.24, 2.45) is 0 Å². The molecule has 1 saturated heterocycles. The number of hydrogen-bond donors (Lipinski definition) is 1. The molecule has 8 nitrogen and oxygen atoms in total. The maximum atomic E-state index is 13.0. The highest BCUT2D eigenvalue weighted by molar-refractivity contribution is 6.05. The van der Waals surface area contributed by atoms with Crippen LogP contribution < -0.4 is 14.8 Å². The van der Waals surface area contributed by atoms with Crippen LogP contribution in [0.4, 0.5) is 5.82 Å². The smallest absolute Gasteiger partial charge is 0.253 e. The lowest BCUT2D eigenvalue weighted by atomic mass is 10.0. The standard InChI is InChI=1S/C24H24N4O4/c1-30-19-8-7-15(13-20(19)31-2)24(29)28-11-9-16(10-12-28)27-23-22-21(25-14-26-23)17-5-3-4-6-18(17)32-22/h3-8,13-14,16H,9-12H2,1-2H3,(H,25,26,27). The highest BCUT2D eigenvalue weighted by atomic mass is 16.5. The Hall–Kier alpha value is -3.81. The second kappa shape index (κ2) is 8.37. The Morgan fingerprint density at radius 2 is 1.84 bits per heavy atom. The van der Waals surface area contributed by atoms with E-state index in [1.54, 1.807) is 38.7 Å². The molecule has 0 aliphatic carbocycles. The van der Waals surface area contributed by atoms with Crippen molar-refractivity contribution in [2.45, 2.75) is 18.9 Å². The van der Waals surface area contributed by atoms with Crippen LogP contribution in [0.5, 0.6) is 11.5 Å². The number of fused-ring (bicyclic) bond motifs is 3. The number of para-hydroxylation sites is 1. The molecule has 1 aliphatic rings. The molecule has 4 aromatic rings. The van der Waals surface area contributed by atoms with Crippen LogP contribution in [0.2, 0.25) is 0 Å². The van der Waals surface area contributed by atoms with E-state index in [1.807, 2.05) is 29.2 Å². The van der Waals surface area contributed by atoms with Gasteiger partial charge in [-0.2, -0.15) is 0 Å². The summed E-state index contributed by atoms with van der Waals surface area (Å²) in [6.07, 6.45) is 3.18. The van der Waals surface area contributed by atoms with Crippen molar-refractivity contribution < 1.29 is 18.7 Å². The highest BCUT2D eigenvalue weighted by Crippen LogP contribution is 2.32. The number of anilines is 1. The van der Waals surface area contributed by atoms with E-state index in [0.717, 1.165) is 29.3 Å². The van der Waals surface area contributed by atoms with Crippen LogP contribution in [0.3, 0.4) is 0 Å². The summed E-state index contributed by atoms with van der Waals surface area (Å²) in [7, 11) is 3.14. The lowest BCUT2D eigenvalue weighted by Gasteiger charge is -2.32. The number of carbonyl (C=O) groups excluding carboxylic acids is 1. The van der Waals surface area contributed by atoms with Gasteiger partial charge >= 0.3 is 0 Å². The average Bonchev–Trinajstić information content (AvgIpc) is 3.23. The molecular formula is C24H24N4O4. The SMILES string of the molecule is COc1ccc(C(=O)N2CCC(Nc3ncnc4c3oc3ccccc34)CC2)cc1OC. The molecule has 0 atom stereocenters. The zero-order chi connectivity index (χ0) is 22.1. The number of piperidine rings is 1. The molecule has 0 radical (unpaired) electrons. The fourth-order valence-corrected chi connectivity index (χ4v) is 4.20. The summed E-state index contributed by atoms with van der Waals surface area (Å²) in [5.41, 5.74) is 2.85. The Balaban J connectivity index is 1.28. The zero-order valence-corrected chi connectivity index (χ0v) is 18.0. The molecule has 164 valence electrons. The van der Waals surface area contributed by atoms with E-state index >= 15 is 0 Å². The van der Waals surface area contributed by atoms with Crippen molar-refractivity contribution in [3.05, 3.63) is 54.4 Å². The van der Waals surface area contributed by atoms with Crippen molar-refractivity contribution in [1.29, 1.82) is 0 Å². The maximum Gasteiger partial charge on any atom is 0.253 e. The van der Waals surface area contributed by atoms with Gasteiger partial charge in [0.1, 0.15) is 17.4 Å². The lowest BCUT2D eigenvalue weighted by Crippen LogP contribution is -2.42. The van der Waals surface area contributed by atoms with Crippen LogP contribution in [-0.2, 0) is 0 Å². The van der Waals surface area contributed by atoms with E-state index in [9.17, 15) is 4.79 Å². The van der Waals surface area contributed by atoms with Crippen molar-refractivity contribution in [3.63, 3.8) is 0 Å². The van der Waals surface area contributed by atoms with Crippen molar-refractivity contribution in [2.75, 3.05) is 32.6 Å². The first kappa shape index (κ1) is 20.1.